The molecular weight excluding hydrogens is 228 g/mol. The van der Waals surface area contributed by atoms with Crippen molar-refractivity contribution in [2.45, 2.75) is 13.0 Å². The predicted octanol–water partition coefficient (Wildman–Crippen LogP) is 1.90. The number of aliphatic imine (C=N–C) groups is 1. The molecule has 0 amide bonds. The maximum atomic E-state index is 8.82. The average molecular weight is 244 g/mol. The van der Waals surface area contributed by atoms with E-state index in [1.54, 1.807) is 18.9 Å². The fourth-order valence-electron chi connectivity index (χ4n) is 1.45. The molecule has 94 valence electrons. The first-order valence-corrected chi connectivity index (χ1v) is 5.77. The van der Waals surface area contributed by atoms with Crippen LogP contribution in [0.4, 0.5) is 5.69 Å². The predicted molar refractivity (Wildman–Crippen MR) is 72.7 cm³/mol. The Kier molecular flexibility index (Phi) is 4.09. The maximum absolute atomic E-state index is 8.82. The van der Waals surface area contributed by atoms with Crippen molar-refractivity contribution in [2.75, 3.05) is 11.9 Å². The van der Waals surface area contributed by atoms with Crippen molar-refractivity contribution in [1.82, 2.24) is 9.97 Å². The summed E-state index contributed by atoms with van der Waals surface area (Å²) in [6.07, 6.45) is 5.04. The molecule has 0 saturated carbocycles. The SMILES string of the molecule is CC(CO)N=CNc1ccc(-c2cnc[nH]2)cc1. The molecule has 1 atom stereocenters. The first-order valence-electron chi connectivity index (χ1n) is 5.77. The third-order valence-electron chi connectivity index (χ3n) is 2.52. The summed E-state index contributed by atoms with van der Waals surface area (Å²) in [6.45, 7) is 1.90. The standard InChI is InChI=1S/C13H16N4O/c1-10(7-18)15-9-16-12-4-2-11(3-5-12)13-6-14-8-17-13/h2-6,8-10,18H,7H2,1H3,(H,14,17)(H,15,16). The minimum Gasteiger partial charge on any atom is -0.394 e. The first-order chi connectivity index (χ1) is 8.79. The fourth-order valence-corrected chi connectivity index (χ4v) is 1.45. The topological polar surface area (TPSA) is 73.3 Å². The maximum Gasteiger partial charge on any atom is 0.0924 e. The number of hydrogen-bond donors (Lipinski definition) is 3. The molecule has 1 unspecified atom stereocenters. The molecule has 0 aliphatic carbocycles. The Bertz CT molecular complexity index is 490. The summed E-state index contributed by atoms with van der Waals surface area (Å²) >= 11 is 0. The Morgan fingerprint density at radius 3 is 2.83 bits per heavy atom. The van der Waals surface area contributed by atoms with Crippen molar-refractivity contribution in [3.05, 3.63) is 36.8 Å². The van der Waals surface area contributed by atoms with Gasteiger partial charge < -0.3 is 15.4 Å². The Balaban J connectivity index is 1.98. The van der Waals surface area contributed by atoms with Gasteiger partial charge in [0.05, 0.1) is 37.2 Å². The van der Waals surface area contributed by atoms with Crippen LogP contribution in [0.15, 0.2) is 41.8 Å². The number of hydrogen-bond acceptors (Lipinski definition) is 3. The number of aromatic nitrogens is 2. The van der Waals surface area contributed by atoms with Gasteiger partial charge in [0.25, 0.3) is 0 Å². The minimum atomic E-state index is -0.0817. The Morgan fingerprint density at radius 1 is 1.44 bits per heavy atom. The Hall–Kier alpha value is -2.14. The molecule has 0 radical (unpaired) electrons. The smallest absolute Gasteiger partial charge is 0.0924 e. The van der Waals surface area contributed by atoms with Crippen LogP contribution >= 0.6 is 0 Å². The molecule has 18 heavy (non-hydrogen) atoms. The number of nitrogens with one attached hydrogen (secondary N) is 2. The summed E-state index contributed by atoms with van der Waals surface area (Å²) < 4.78 is 0. The van der Waals surface area contributed by atoms with E-state index in [0.717, 1.165) is 16.9 Å². The van der Waals surface area contributed by atoms with Gasteiger partial charge in [-0.3, -0.25) is 4.99 Å². The highest BCUT2D eigenvalue weighted by atomic mass is 16.3. The summed E-state index contributed by atoms with van der Waals surface area (Å²) in [5.41, 5.74) is 3.02. The largest absolute Gasteiger partial charge is 0.394 e. The number of nitrogens with zero attached hydrogens (tertiary/aromatic N) is 2. The van der Waals surface area contributed by atoms with E-state index in [1.165, 1.54) is 0 Å². The lowest BCUT2D eigenvalue weighted by atomic mass is 10.1. The van der Waals surface area contributed by atoms with Crippen LogP contribution in [0.25, 0.3) is 11.3 Å². The van der Waals surface area contributed by atoms with Gasteiger partial charge >= 0.3 is 0 Å². The van der Waals surface area contributed by atoms with Crippen LogP contribution in [-0.2, 0) is 0 Å². The summed E-state index contributed by atoms with van der Waals surface area (Å²) in [5, 5.41) is 11.9. The summed E-state index contributed by atoms with van der Waals surface area (Å²) in [5.74, 6) is 0. The van der Waals surface area contributed by atoms with Crippen molar-refractivity contribution in [3.8, 4) is 11.3 Å². The van der Waals surface area contributed by atoms with Crippen molar-refractivity contribution in [2.24, 2.45) is 4.99 Å². The average Bonchev–Trinajstić information content (AvgIpc) is 2.93. The lowest BCUT2D eigenvalue weighted by molar-refractivity contribution is 0.275. The second-order valence-electron chi connectivity index (χ2n) is 4.00. The van der Waals surface area contributed by atoms with Gasteiger partial charge in [0.2, 0.25) is 0 Å². The lowest BCUT2D eigenvalue weighted by Crippen LogP contribution is -2.06. The zero-order chi connectivity index (χ0) is 12.8. The van der Waals surface area contributed by atoms with E-state index in [-0.39, 0.29) is 12.6 Å². The van der Waals surface area contributed by atoms with E-state index in [9.17, 15) is 0 Å². The Labute approximate surface area is 106 Å². The molecule has 5 nitrogen and oxygen atoms in total. The number of imidazole rings is 1. The molecule has 1 aromatic carbocycles. The molecular formula is C13H16N4O. The van der Waals surface area contributed by atoms with Crippen LogP contribution in [0.5, 0.6) is 0 Å². The van der Waals surface area contributed by atoms with E-state index >= 15 is 0 Å². The lowest BCUT2D eigenvalue weighted by Gasteiger charge is -2.03. The number of aliphatic hydroxyl groups excluding tert-OH is 1. The van der Waals surface area contributed by atoms with Crippen LogP contribution in [-0.4, -0.2) is 34.1 Å². The third kappa shape index (κ3) is 3.18. The van der Waals surface area contributed by atoms with Gasteiger partial charge in [0.15, 0.2) is 0 Å². The molecule has 0 aliphatic rings. The normalized spacial score (nSPS) is 12.8. The van der Waals surface area contributed by atoms with Crippen LogP contribution in [0, 0.1) is 0 Å². The molecule has 0 saturated heterocycles. The quantitative estimate of drug-likeness (QED) is 0.555. The molecule has 2 rings (SSSR count). The highest BCUT2D eigenvalue weighted by Gasteiger charge is 1.98. The fraction of sp³-hybridized carbons (Fsp3) is 0.231. The summed E-state index contributed by atoms with van der Waals surface area (Å²) in [6, 6.07) is 7.84. The highest BCUT2D eigenvalue weighted by Crippen LogP contribution is 2.18. The van der Waals surface area contributed by atoms with Crippen LogP contribution in [0.3, 0.4) is 0 Å². The first kappa shape index (κ1) is 12.3. The number of aliphatic hydroxyl groups is 1. The Morgan fingerprint density at radius 2 is 2.22 bits per heavy atom. The van der Waals surface area contributed by atoms with E-state index in [1.807, 2.05) is 31.2 Å². The van der Waals surface area contributed by atoms with E-state index in [2.05, 4.69) is 20.3 Å². The monoisotopic (exact) mass is 244 g/mol. The molecule has 5 heteroatoms. The second kappa shape index (κ2) is 5.97. The van der Waals surface area contributed by atoms with E-state index < -0.39 is 0 Å². The van der Waals surface area contributed by atoms with Crippen molar-refractivity contribution >= 4 is 12.0 Å². The van der Waals surface area contributed by atoms with E-state index in [0.29, 0.717) is 0 Å². The minimum absolute atomic E-state index is 0.0525. The van der Waals surface area contributed by atoms with Gasteiger partial charge in [-0.05, 0) is 24.6 Å². The number of anilines is 1. The van der Waals surface area contributed by atoms with Crippen molar-refractivity contribution < 1.29 is 5.11 Å². The van der Waals surface area contributed by atoms with Gasteiger partial charge in [0, 0.05) is 5.69 Å². The van der Waals surface area contributed by atoms with Gasteiger partial charge in [-0.2, -0.15) is 0 Å². The van der Waals surface area contributed by atoms with Gasteiger partial charge in [-0.15, -0.1) is 0 Å². The van der Waals surface area contributed by atoms with Crippen molar-refractivity contribution in [1.29, 1.82) is 0 Å². The molecule has 0 fully saturated rings. The third-order valence-corrected chi connectivity index (χ3v) is 2.52. The molecule has 0 spiro atoms. The second-order valence-corrected chi connectivity index (χ2v) is 4.00. The molecule has 1 aromatic heterocycles. The molecule has 0 aliphatic heterocycles. The summed E-state index contributed by atoms with van der Waals surface area (Å²) in [4.78, 5) is 11.1. The zero-order valence-electron chi connectivity index (χ0n) is 10.2. The molecule has 2 aromatic rings. The van der Waals surface area contributed by atoms with Crippen LogP contribution < -0.4 is 5.32 Å². The van der Waals surface area contributed by atoms with Crippen molar-refractivity contribution in [3.63, 3.8) is 0 Å². The number of H-pyrrole nitrogens is 1. The number of benzene rings is 1. The number of rotatable bonds is 5. The zero-order valence-corrected chi connectivity index (χ0v) is 10.2. The molecule has 1 heterocycles. The van der Waals surface area contributed by atoms with Gasteiger partial charge in [-0.1, -0.05) is 12.1 Å². The van der Waals surface area contributed by atoms with Crippen LogP contribution in [0.1, 0.15) is 6.92 Å². The van der Waals surface area contributed by atoms with E-state index in [4.69, 9.17) is 5.11 Å². The summed E-state index contributed by atoms with van der Waals surface area (Å²) in [7, 11) is 0. The molecule has 0 bridgehead atoms. The number of aromatic amines is 1. The highest BCUT2D eigenvalue weighted by molar-refractivity contribution is 5.76. The van der Waals surface area contributed by atoms with Crippen LogP contribution in [0.2, 0.25) is 0 Å². The molecule has 3 N–H and O–H groups in total. The van der Waals surface area contributed by atoms with Gasteiger partial charge in [-0.25, -0.2) is 4.98 Å². The van der Waals surface area contributed by atoms with Gasteiger partial charge in [0.1, 0.15) is 0 Å².